The Morgan fingerprint density at radius 1 is 1.32 bits per heavy atom. The molecule has 22 heavy (non-hydrogen) atoms. The van der Waals surface area contributed by atoms with E-state index in [0.717, 1.165) is 24.5 Å². The van der Waals surface area contributed by atoms with Crippen LogP contribution in [0.4, 0.5) is 0 Å². The van der Waals surface area contributed by atoms with Gasteiger partial charge in [-0.05, 0) is 31.6 Å². The van der Waals surface area contributed by atoms with Crippen LogP contribution < -0.4 is 14.8 Å². The van der Waals surface area contributed by atoms with Crippen molar-refractivity contribution in [3.63, 3.8) is 0 Å². The maximum Gasteiger partial charge on any atom is 0.166 e. The summed E-state index contributed by atoms with van der Waals surface area (Å²) in [5.74, 6) is 1.80. The molecule has 4 rings (SSSR count). The lowest BCUT2D eigenvalue weighted by molar-refractivity contribution is 0.0101. The second-order valence-corrected chi connectivity index (χ2v) is 6.25. The monoisotopic (exact) mass is 299 g/mol. The van der Waals surface area contributed by atoms with Gasteiger partial charge in [0.15, 0.2) is 11.5 Å². The topological polar surface area (TPSA) is 50.7 Å². The van der Waals surface area contributed by atoms with E-state index in [0.29, 0.717) is 0 Å². The fourth-order valence-electron chi connectivity index (χ4n) is 4.30. The largest absolute Gasteiger partial charge is 0.493 e. The van der Waals surface area contributed by atoms with Gasteiger partial charge in [-0.3, -0.25) is 0 Å². The Kier molecular flexibility index (Phi) is 3.06. The molecule has 4 nitrogen and oxygen atoms in total. The van der Waals surface area contributed by atoms with Crippen LogP contribution in [0.15, 0.2) is 30.4 Å². The molecule has 0 amide bonds. The van der Waals surface area contributed by atoms with E-state index in [4.69, 9.17) is 9.47 Å². The van der Waals surface area contributed by atoms with E-state index < -0.39 is 6.10 Å². The van der Waals surface area contributed by atoms with Gasteiger partial charge in [0.2, 0.25) is 0 Å². The minimum Gasteiger partial charge on any atom is -0.493 e. The first-order valence-corrected chi connectivity index (χ1v) is 7.79. The summed E-state index contributed by atoms with van der Waals surface area (Å²) in [6.07, 6.45) is 8.44. The lowest BCUT2D eigenvalue weighted by atomic mass is 9.59. The van der Waals surface area contributed by atoms with Gasteiger partial charge >= 0.3 is 0 Å². The van der Waals surface area contributed by atoms with E-state index in [9.17, 15) is 5.11 Å². The van der Waals surface area contributed by atoms with Crippen molar-refractivity contribution in [1.82, 2.24) is 5.32 Å². The number of nitrogens with one attached hydrogen (secondary N) is 1. The average Bonchev–Trinajstić information content (AvgIpc) is 2.90. The summed E-state index contributed by atoms with van der Waals surface area (Å²) in [5, 5.41) is 13.8. The third-order valence-corrected chi connectivity index (χ3v) is 5.28. The molecule has 0 spiro atoms. The highest BCUT2D eigenvalue weighted by Crippen LogP contribution is 2.59. The molecular weight excluding hydrogens is 278 g/mol. The normalized spacial score (nSPS) is 33.5. The number of aliphatic hydroxyl groups excluding tert-OH is 1. The summed E-state index contributed by atoms with van der Waals surface area (Å²) in [6, 6.07) is 4.03. The van der Waals surface area contributed by atoms with Crippen LogP contribution in [0.1, 0.15) is 17.5 Å². The summed E-state index contributed by atoms with van der Waals surface area (Å²) < 4.78 is 11.7. The van der Waals surface area contributed by atoms with Crippen molar-refractivity contribution in [3.8, 4) is 11.5 Å². The number of methoxy groups -OCH3 is 1. The van der Waals surface area contributed by atoms with E-state index in [1.54, 1.807) is 7.11 Å². The average molecular weight is 299 g/mol. The van der Waals surface area contributed by atoms with Crippen LogP contribution in [0.5, 0.6) is 11.5 Å². The molecule has 1 aromatic rings. The molecule has 1 aromatic carbocycles. The summed E-state index contributed by atoms with van der Waals surface area (Å²) >= 11 is 0. The first-order chi connectivity index (χ1) is 10.7. The summed E-state index contributed by atoms with van der Waals surface area (Å²) in [7, 11) is 3.62. The van der Waals surface area contributed by atoms with Crippen LogP contribution in [-0.2, 0) is 5.41 Å². The third kappa shape index (κ3) is 1.59. The smallest absolute Gasteiger partial charge is 0.166 e. The van der Waals surface area contributed by atoms with Gasteiger partial charge in [-0.1, -0.05) is 30.4 Å². The molecule has 0 aromatic heterocycles. The van der Waals surface area contributed by atoms with Crippen molar-refractivity contribution in [2.45, 2.75) is 24.0 Å². The van der Waals surface area contributed by atoms with Gasteiger partial charge in [0.05, 0.1) is 12.5 Å². The minimum atomic E-state index is -0.593. The van der Waals surface area contributed by atoms with Crippen LogP contribution in [-0.4, -0.2) is 38.0 Å². The predicted molar refractivity (Wildman–Crippen MR) is 85.3 cm³/mol. The first kappa shape index (κ1) is 13.9. The second-order valence-electron chi connectivity index (χ2n) is 6.25. The first-order valence-electron chi connectivity index (χ1n) is 7.79. The number of ether oxygens (including phenoxy) is 2. The summed E-state index contributed by atoms with van der Waals surface area (Å²) in [6.45, 7) is 0.876. The van der Waals surface area contributed by atoms with Gasteiger partial charge in [-0.25, -0.2) is 0 Å². The fourth-order valence-corrected chi connectivity index (χ4v) is 4.30. The molecule has 4 atom stereocenters. The van der Waals surface area contributed by atoms with Crippen LogP contribution in [0.2, 0.25) is 0 Å². The Hall–Kier alpha value is -1.78. The van der Waals surface area contributed by atoms with Crippen molar-refractivity contribution < 1.29 is 14.6 Å². The maximum atomic E-state index is 10.5. The quantitative estimate of drug-likeness (QED) is 0.834. The van der Waals surface area contributed by atoms with Crippen LogP contribution >= 0.6 is 0 Å². The Labute approximate surface area is 130 Å². The zero-order chi connectivity index (χ0) is 15.3. The highest BCUT2D eigenvalue weighted by Gasteiger charge is 2.58. The van der Waals surface area contributed by atoms with Gasteiger partial charge in [0, 0.05) is 11.5 Å². The number of rotatable bonds is 4. The van der Waals surface area contributed by atoms with Crippen molar-refractivity contribution in [2.24, 2.45) is 5.92 Å². The van der Waals surface area contributed by atoms with Gasteiger partial charge < -0.3 is 19.9 Å². The molecular formula is C18H21NO3. The van der Waals surface area contributed by atoms with Crippen molar-refractivity contribution in [3.05, 3.63) is 41.5 Å². The molecule has 2 N–H and O–H groups in total. The minimum absolute atomic E-state index is 0.217. The van der Waals surface area contributed by atoms with E-state index in [2.05, 4.69) is 29.6 Å². The standard InChI is InChI=1S/C18H21NO3/c1-19-10-9-18-12-5-3-11-4-8-14(21-2)16(15(11)18)22-17(18)13(20)7-6-12/h3-8,12-13,17,19-20H,9-10H2,1-2H3/t12-,13?,17?,18?/m1/s1. The van der Waals surface area contributed by atoms with E-state index in [1.165, 1.54) is 11.1 Å². The molecule has 0 radical (unpaired) electrons. The highest BCUT2D eigenvalue weighted by molar-refractivity contribution is 5.71. The van der Waals surface area contributed by atoms with Gasteiger partial charge in [0.1, 0.15) is 12.2 Å². The van der Waals surface area contributed by atoms with E-state index in [-0.39, 0.29) is 17.4 Å². The molecule has 4 heteroatoms. The SMILES string of the molecule is CNCCC12c3c4ccc(OC)c3OC1C(O)C=C[C@H]2C=C4. The molecule has 2 aliphatic carbocycles. The molecule has 0 saturated carbocycles. The summed E-state index contributed by atoms with van der Waals surface area (Å²) in [4.78, 5) is 0. The molecule has 1 aliphatic heterocycles. The van der Waals surface area contributed by atoms with Crippen LogP contribution in [0, 0.1) is 5.92 Å². The lowest BCUT2D eigenvalue weighted by Gasteiger charge is -2.45. The maximum absolute atomic E-state index is 10.5. The Morgan fingerprint density at radius 2 is 2.18 bits per heavy atom. The van der Waals surface area contributed by atoms with E-state index in [1.807, 2.05) is 19.2 Å². The van der Waals surface area contributed by atoms with Crippen LogP contribution in [0.3, 0.4) is 0 Å². The molecule has 3 aliphatic rings. The van der Waals surface area contributed by atoms with Crippen molar-refractivity contribution >= 4 is 6.08 Å². The zero-order valence-corrected chi connectivity index (χ0v) is 12.9. The molecule has 116 valence electrons. The Morgan fingerprint density at radius 3 is 2.95 bits per heavy atom. The number of hydrogen-bond donors (Lipinski definition) is 2. The Balaban J connectivity index is 1.97. The lowest BCUT2D eigenvalue weighted by Crippen LogP contribution is -2.53. The van der Waals surface area contributed by atoms with Crippen LogP contribution in [0.25, 0.3) is 6.08 Å². The third-order valence-electron chi connectivity index (χ3n) is 5.28. The van der Waals surface area contributed by atoms with Gasteiger partial charge in [-0.2, -0.15) is 0 Å². The fraction of sp³-hybridized carbons (Fsp3) is 0.444. The number of benzene rings is 1. The van der Waals surface area contributed by atoms with Crippen molar-refractivity contribution in [2.75, 3.05) is 20.7 Å². The zero-order valence-electron chi connectivity index (χ0n) is 12.9. The summed E-state index contributed by atoms with van der Waals surface area (Å²) in [5.41, 5.74) is 2.15. The molecule has 0 saturated heterocycles. The van der Waals surface area contributed by atoms with E-state index >= 15 is 0 Å². The molecule has 1 heterocycles. The van der Waals surface area contributed by atoms with Gasteiger partial charge in [0.25, 0.3) is 0 Å². The second kappa shape index (κ2) is 4.86. The number of allylic oxidation sites excluding steroid dienone is 2. The highest BCUT2D eigenvalue weighted by atomic mass is 16.5. The molecule has 0 fully saturated rings. The number of hydrogen-bond acceptors (Lipinski definition) is 4. The number of aliphatic hydroxyl groups is 1. The van der Waals surface area contributed by atoms with Gasteiger partial charge in [-0.15, -0.1) is 0 Å². The predicted octanol–water partition coefficient (Wildman–Crippen LogP) is 1.88. The molecule has 0 bridgehead atoms. The van der Waals surface area contributed by atoms with Crippen molar-refractivity contribution in [1.29, 1.82) is 0 Å². The Bertz CT molecular complexity index is 667. The molecule has 3 unspecified atom stereocenters.